The molecule has 0 aromatic heterocycles. The third kappa shape index (κ3) is 6.10. The summed E-state index contributed by atoms with van der Waals surface area (Å²) in [5.74, 6) is -0.547. The molecule has 0 aliphatic rings. The zero-order chi connectivity index (χ0) is 24.3. The number of aryl methyl sites for hydroxylation is 1. The Morgan fingerprint density at radius 3 is 1.88 bits per heavy atom. The Balaban J connectivity index is 0.000000258. The van der Waals surface area contributed by atoms with Crippen LogP contribution in [0.1, 0.15) is 19.4 Å². The predicted molar refractivity (Wildman–Crippen MR) is 124 cm³/mol. The molecule has 0 heterocycles. The zero-order valence-electron chi connectivity index (χ0n) is 17.8. The first-order chi connectivity index (χ1) is 14.8. The molecule has 3 rings (SSSR count). The Morgan fingerprint density at radius 2 is 1.41 bits per heavy atom. The highest BCUT2D eigenvalue weighted by molar-refractivity contribution is 7.86. The van der Waals surface area contributed by atoms with Crippen LogP contribution in [0.25, 0.3) is 10.8 Å². The molecule has 0 fully saturated rings. The van der Waals surface area contributed by atoms with Crippen molar-refractivity contribution in [1.29, 1.82) is 0 Å². The summed E-state index contributed by atoms with van der Waals surface area (Å²) in [6, 6.07) is 12.2. The van der Waals surface area contributed by atoms with Crippen LogP contribution in [0, 0.1) is 6.92 Å². The number of aromatic hydroxyl groups is 1. The lowest BCUT2D eigenvalue weighted by Gasteiger charge is -2.21. The molecule has 9 nitrogen and oxygen atoms in total. The van der Waals surface area contributed by atoms with Gasteiger partial charge in [-0.25, -0.2) is 0 Å². The Hall–Kier alpha value is -2.86. The van der Waals surface area contributed by atoms with Gasteiger partial charge < -0.3 is 15.7 Å². The second-order valence-electron chi connectivity index (χ2n) is 7.01. The van der Waals surface area contributed by atoms with Gasteiger partial charge in [-0.15, -0.1) is 0 Å². The van der Waals surface area contributed by atoms with Crippen LogP contribution in [0.15, 0.2) is 58.3 Å². The number of nitrogens with zero attached hydrogens (tertiary/aromatic N) is 1. The van der Waals surface area contributed by atoms with Crippen LogP contribution >= 0.6 is 0 Å². The van der Waals surface area contributed by atoms with Crippen LogP contribution in [0.4, 0.5) is 11.4 Å². The molecule has 0 aliphatic heterocycles. The molecular formula is C21H26N2O7S2. The van der Waals surface area contributed by atoms with Gasteiger partial charge in [-0.2, -0.15) is 16.8 Å². The van der Waals surface area contributed by atoms with Crippen molar-refractivity contribution in [2.24, 2.45) is 0 Å². The molecule has 0 atom stereocenters. The van der Waals surface area contributed by atoms with E-state index >= 15 is 0 Å². The maximum absolute atomic E-state index is 11.1. The van der Waals surface area contributed by atoms with E-state index in [1.165, 1.54) is 11.3 Å². The van der Waals surface area contributed by atoms with Gasteiger partial charge in [0.05, 0.1) is 9.79 Å². The van der Waals surface area contributed by atoms with Gasteiger partial charge in [0.2, 0.25) is 0 Å². The van der Waals surface area contributed by atoms with Crippen LogP contribution in [0.5, 0.6) is 5.75 Å². The van der Waals surface area contributed by atoms with E-state index < -0.39 is 35.8 Å². The maximum atomic E-state index is 11.1. The number of fused-ring (bicyclic) bond motifs is 1. The van der Waals surface area contributed by atoms with Gasteiger partial charge in [-0.3, -0.25) is 9.11 Å². The molecule has 3 aromatic rings. The number of hydrogen-bond acceptors (Lipinski definition) is 7. The number of anilines is 2. The minimum absolute atomic E-state index is 0.00444. The average molecular weight is 483 g/mol. The number of phenols is 1. The third-order valence-electron chi connectivity index (χ3n) is 4.73. The van der Waals surface area contributed by atoms with E-state index in [1.807, 2.05) is 0 Å². The normalized spacial score (nSPS) is 11.7. The van der Waals surface area contributed by atoms with Crippen LogP contribution in [-0.2, 0) is 20.2 Å². The molecule has 32 heavy (non-hydrogen) atoms. The summed E-state index contributed by atoms with van der Waals surface area (Å²) < 4.78 is 62.1. The van der Waals surface area contributed by atoms with Crippen molar-refractivity contribution in [3.05, 3.63) is 54.1 Å². The Kier molecular flexibility index (Phi) is 7.73. The number of benzene rings is 3. The van der Waals surface area contributed by atoms with E-state index in [-0.39, 0.29) is 16.5 Å². The van der Waals surface area contributed by atoms with Crippen molar-refractivity contribution in [3.63, 3.8) is 0 Å². The summed E-state index contributed by atoms with van der Waals surface area (Å²) in [6.07, 6.45) is 0. The summed E-state index contributed by atoms with van der Waals surface area (Å²) in [5, 5.41) is 9.66. The first-order valence-electron chi connectivity index (χ1n) is 9.60. The molecule has 0 saturated heterocycles. The van der Waals surface area contributed by atoms with Crippen molar-refractivity contribution in [3.8, 4) is 5.75 Å². The monoisotopic (exact) mass is 482 g/mol. The third-order valence-corrected chi connectivity index (χ3v) is 6.39. The first kappa shape index (κ1) is 25.4. The van der Waals surface area contributed by atoms with Crippen molar-refractivity contribution in [2.75, 3.05) is 23.7 Å². The van der Waals surface area contributed by atoms with Gasteiger partial charge >= 0.3 is 0 Å². The summed E-state index contributed by atoms with van der Waals surface area (Å²) in [6.45, 7) is 8.67. The van der Waals surface area contributed by atoms with E-state index in [0.717, 1.165) is 37.4 Å². The number of nitrogens with two attached hydrogens (primary N) is 1. The Morgan fingerprint density at radius 1 is 0.875 bits per heavy atom. The van der Waals surface area contributed by atoms with E-state index in [4.69, 9.17) is 14.8 Å². The smallest absolute Gasteiger partial charge is 0.294 e. The van der Waals surface area contributed by atoms with E-state index in [1.54, 1.807) is 0 Å². The van der Waals surface area contributed by atoms with Crippen LogP contribution in [0.3, 0.4) is 0 Å². The van der Waals surface area contributed by atoms with E-state index in [9.17, 15) is 21.9 Å². The second-order valence-corrected chi connectivity index (χ2v) is 9.86. The molecule has 0 amide bonds. The number of nitrogen functional groups attached to an aromatic ring is 1. The highest BCUT2D eigenvalue weighted by Gasteiger charge is 2.18. The summed E-state index contributed by atoms with van der Waals surface area (Å²) in [4.78, 5) is 1.16. The highest BCUT2D eigenvalue weighted by Crippen LogP contribution is 2.34. The molecule has 0 bridgehead atoms. The molecular weight excluding hydrogens is 456 g/mol. The molecule has 0 aliphatic carbocycles. The fourth-order valence-electron chi connectivity index (χ4n) is 3.18. The molecule has 0 unspecified atom stereocenters. The van der Waals surface area contributed by atoms with Gasteiger partial charge in [0.25, 0.3) is 20.2 Å². The zero-order valence-corrected chi connectivity index (χ0v) is 19.5. The van der Waals surface area contributed by atoms with Crippen molar-refractivity contribution in [1.82, 2.24) is 0 Å². The van der Waals surface area contributed by atoms with Gasteiger partial charge in [0.1, 0.15) is 5.75 Å². The molecule has 11 heteroatoms. The summed E-state index contributed by atoms with van der Waals surface area (Å²) >= 11 is 0. The van der Waals surface area contributed by atoms with Crippen molar-refractivity contribution < 1.29 is 31.0 Å². The van der Waals surface area contributed by atoms with E-state index in [2.05, 4.69) is 49.9 Å². The topological polar surface area (TPSA) is 158 Å². The van der Waals surface area contributed by atoms with Crippen molar-refractivity contribution in [2.45, 2.75) is 30.6 Å². The summed E-state index contributed by atoms with van der Waals surface area (Å²) in [7, 11) is -9.14. The van der Waals surface area contributed by atoms with Crippen LogP contribution < -0.4 is 10.6 Å². The van der Waals surface area contributed by atoms with Crippen LogP contribution in [0.2, 0.25) is 0 Å². The summed E-state index contributed by atoms with van der Waals surface area (Å²) in [5.41, 5.74) is 8.06. The lowest BCUT2D eigenvalue weighted by atomic mass is 10.1. The van der Waals surface area contributed by atoms with Crippen molar-refractivity contribution >= 4 is 42.4 Å². The standard InChI is InChI=1S/C11H17N.C10H9NO7S2/c1-4-12(5-2)11-8-6-7-10(3)9-11;11-8-3-6(19(13,14)15)1-5-2-7(20(16,17)18)4-9(12)10(5)8/h6-9H,4-5H2,1-3H3;1-4,12H,11H2,(H,13,14,15)(H,16,17,18). The molecule has 0 saturated carbocycles. The lowest BCUT2D eigenvalue weighted by molar-refractivity contribution is 0.471. The maximum Gasteiger partial charge on any atom is 0.294 e. The quantitative estimate of drug-likeness (QED) is 0.315. The molecule has 3 aromatic carbocycles. The Labute approximate surface area is 187 Å². The van der Waals surface area contributed by atoms with E-state index in [0.29, 0.717) is 0 Å². The number of phenolic OH excluding ortho intramolecular Hbond substituents is 1. The predicted octanol–water partition coefficient (Wildman–Crippen LogP) is 3.46. The SMILES string of the molecule is CCN(CC)c1cccc(C)c1.Nc1cc(S(=O)(=O)O)cc2cc(S(=O)(=O)O)cc(O)c12. The molecule has 174 valence electrons. The molecule has 0 radical (unpaired) electrons. The molecule has 5 N–H and O–H groups in total. The average Bonchev–Trinajstić information content (AvgIpc) is 2.67. The minimum atomic E-state index is -4.59. The lowest BCUT2D eigenvalue weighted by Crippen LogP contribution is -2.21. The van der Waals surface area contributed by atoms with Crippen LogP contribution in [-0.4, -0.2) is 44.1 Å². The second kappa shape index (κ2) is 9.74. The Bertz CT molecular complexity index is 1260. The van der Waals surface area contributed by atoms with Gasteiger partial charge in [-0.1, -0.05) is 12.1 Å². The number of rotatable bonds is 5. The first-order valence-corrected chi connectivity index (χ1v) is 12.5. The molecule has 0 spiro atoms. The largest absolute Gasteiger partial charge is 0.507 e. The van der Waals surface area contributed by atoms with Gasteiger partial charge in [0, 0.05) is 35.9 Å². The minimum Gasteiger partial charge on any atom is -0.507 e. The van der Waals surface area contributed by atoms with Gasteiger partial charge in [0.15, 0.2) is 0 Å². The highest BCUT2D eigenvalue weighted by atomic mass is 32.2. The van der Waals surface area contributed by atoms with Gasteiger partial charge in [-0.05, 0) is 62.1 Å². The number of hydrogen-bond donors (Lipinski definition) is 4. The fourth-order valence-corrected chi connectivity index (χ4v) is 4.27. The fraction of sp³-hybridized carbons (Fsp3) is 0.238.